The Hall–Kier alpha value is -1.98. The summed E-state index contributed by atoms with van der Waals surface area (Å²) in [5, 5.41) is 3.28. The molecule has 0 radical (unpaired) electrons. The molecule has 1 heterocycles. The molecule has 0 aliphatic rings. The fourth-order valence-electron chi connectivity index (χ4n) is 1.62. The van der Waals surface area contributed by atoms with Crippen LogP contribution in [-0.4, -0.2) is 10.5 Å². The van der Waals surface area contributed by atoms with Crippen molar-refractivity contribution in [1.82, 2.24) is 4.57 Å². The Labute approximate surface area is 124 Å². The second kappa shape index (κ2) is 5.98. The third-order valence-corrected chi connectivity index (χ3v) is 3.05. The molecule has 1 aromatic carbocycles. The maximum Gasteiger partial charge on any atom is 0.244 e. The quantitative estimate of drug-likeness (QED) is 0.854. The van der Waals surface area contributed by atoms with Crippen LogP contribution in [0.1, 0.15) is 0 Å². The first-order valence-corrected chi connectivity index (χ1v) is 6.42. The molecule has 7 heteroatoms. The number of hydrogen-bond acceptors (Lipinski definition) is 3. The van der Waals surface area contributed by atoms with Crippen LogP contribution in [0.5, 0.6) is 0 Å². The average molecular weight is 312 g/mol. The van der Waals surface area contributed by atoms with Crippen LogP contribution >= 0.6 is 23.2 Å². The highest BCUT2D eigenvalue weighted by Crippen LogP contribution is 2.31. The highest BCUT2D eigenvalue weighted by Gasteiger charge is 2.10. The van der Waals surface area contributed by atoms with Crippen molar-refractivity contribution in [2.75, 3.05) is 11.1 Å². The number of nitrogens with zero attached hydrogens (tertiary/aromatic N) is 1. The smallest absolute Gasteiger partial charge is 0.244 e. The number of carbonyl (C=O) groups is 1. The predicted molar refractivity (Wildman–Crippen MR) is 80.2 cm³/mol. The number of nitrogens with one attached hydrogen (secondary N) is 1. The molecular formula is C13H11Cl2N3O2. The van der Waals surface area contributed by atoms with E-state index in [1.807, 2.05) is 0 Å². The molecule has 0 aliphatic heterocycles. The topological polar surface area (TPSA) is 77.1 Å². The molecule has 0 spiro atoms. The first-order chi connectivity index (χ1) is 9.45. The molecule has 0 saturated carbocycles. The maximum atomic E-state index is 11.9. The van der Waals surface area contributed by atoms with Gasteiger partial charge in [-0.3, -0.25) is 9.59 Å². The van der Waals surface area contributed by atoms with Crippen LogP contribution in [0.15, 0.2) is 41.5 Å². The van der Waals surface area contributed by atoms with E-state index in [9.17, 15) is 9.59 Å². The van der Waals surface area contributed by atoms with E-state index in [0.29, 0.717) is 10.7 Å². The normalized spacial score (nSPS) is 10.3. The molecule has 0 bridgehead atoms. The fraction of sp³-hybridized carbons (Fsp3) is 0.0769. The Morgan fingerprint density at radius 3 is 2.50 bits per heavy atom. The van der Waals surface area contributed by atoms with Crippen molar-refractivity contribution in [2.24, 2.45) is 0 Å². The minimum absolute atomic E-state index is 0.0404. The summed E-state index contributed by atoms with van der Waals surface area (Å²) in [5.41, 5.74) is 6.24. The number of amides is 1. The van der Waals surface area contributed by atoms with Crippen molar-refractivity contribution in [3.8, 4) is 0 Å². The van der Waals surface area contributed by atoms with Crippen LogP contribution in [0.25, 0.3) is 0 Å². The van der Waals surface area contributed by atoms with E-state index in [1.165, 1.54) is 36.7 Å². The molecule has 5 nitrogen and oxygen atoms in total. The van der Waals surface area contributed by atoms with E-state index in [0.717, 1.165) is 0 Å². The minimum Gasteiger partial charge on any atom is -0.397 e. The molecule has 0 fully saturated rings. The van der Waals surface area contributed by atoms with Gasteiger partial charge in [-0.1, -0.05) is 23.2 Å². The zero-order chi connectivity index (χ0) is 14.7. The third-order valence-electron chi connectivity index (χ3n) is 2.54. The van der Waals surface area contributed by atoms with Crippen LogP contribution in [0, 0.1) is 0 Å². The van der Waals surface area contributed by atoms with Crippen LogP contribution in [0.4, 0.5) is 11.4 Å². The van der Waals surface area contributed by atoms with Gasteiger partial charge in [0.05, 0.1) is 16.4 Å². The highest BCUT2D eigenvalue weighted by molar-refractivity contribution is 6.37. The van der Waals surface area contributed by atoms with Gasteiger partial charge in [0.25, 0.3) is 0 Å². The zero-order valence-corrected chi connectivity index (χ0v) is 11.8. The number of pyridine rings is 1. The standard InChI is InChI=1S/C13H11Cl2N3O2/c14-8-5-10(15)13(11(16)6-8)17-12(20)7-18-3-1-9(19)2-4-18/h1-6H,7,16H2,(H,17,20). The molecule has 1 amide bonds. The Bertz CT molecular complexity index is 670. The van der Waals surface area contributed by atoms with Gasteiger partial charge in [0.15, 0.2) is 5.43 Å². The molecule has 0 atom stereocenters. The van der Waals surface area contributed by atoms with Crippen LogP contribution in [0.3, 0.4) is 0 Å². The summed E-state index contributed by atoms with van der Waals surface area (Å²) < 4.78 is 1.57. The summed E-state index contributed by atoms with van der Waals surface area (Å²) in [6.07, 6.45) is 3.05. The number of halogens is 2. The summed E-state index contributed by atoms with van der Waals surface area (Å²) in [6.45, 7) is 0.0404. The van der Waals surface area contributed by atoms with Gasteiger partial charge in [-0.2, -0.15) is 0 Å². The van der Waals surface area contributed by atoms with Gasteiger partial charge < -0.3 is 15.6 Å². The largest absolute Gasteiger partial charge is 0.397 e. The van der Waals surface area contributed by atoms with Gasteiger partial charge in [-0.15, -0.1) is 0 Å². The molecule has 3 N–H and O–H groups in total. The van der Waals surface area contributed by atoms with Gasteiger partial charge in [0.2, 0.25) is 5.91 Å². The summed E-state index contributed by atoms with van der Waals surface area (Å²) in [5.74, 6) is -0.315. The van der Waals surface area contributed by atoms with Crippen LogP contribution in [0.2, 0.25) is 10.0 Å². The summed E-state index contributed by atoms with van der Waals surface area (Å²) in [7, 11) is 0. The SMILES string of the molecule is Nc1cc(Cl)cc(Cl)c1NC(=O)Cn1ccc(=O)cc1. The molecule has 0 unspecified atom stereocenters. The van der Waals surface area contributed by atoms with E-state index >= 15 is 0 Å². The molecule has 2 rings (SSSR count). The molecule has 20 heavy (non-hydrogen) atoms. The summed E-state index contributed by atoms with van der Waals surface area (Å²) in [4.78, 5) is 22.9. The number of benzene rings is 1. The number of rotatable bonds is 3. The molecule has 104 valence electrons. The van der Waals surface area contributed by atoms with Gasteiger partial charge >= 0.3 is 0 Å². The lowest BCUT2D eigenvalue weighted by atomic mass is 10.2. The molecular weight excluding hydrogens is 301 g/mol. The van der Waals surface area contributed by atoms with Crippen molar-refractivity contribution in [3.05, 3.63) is 56.9 Å². The van der Waals surface area contributed by atoms with Gasteiger partial charge in [-0.25, -0.2) is 0 Å². The molecule has 1 aromatic heterocycles. The Morgan fingerprint density at radius 2 is 1.90 bits per heavy atom. The average Bonchev–Trinajstić information content (AvgIpc) is 2.36. The Morgan fingerprint density at radius 1 is 1.25 bits per heavy atom. The number of carbonyl (C=O) groups excluding carboxylic acids is 1. The summed E-state index contributed by atoms with van der Waals surface area (Å²) >= 11 is 11.8. The van der Waals surface area contributed by atoms with Crippen LogP contribution in [-0.2, 0) is 11.3 Å². The van der Waals surface area contributed by atoms with Gasteiger partial charge in [0, 0.05) is 29.5 Å². The van der Waals surface area contributed by atoms with Crippen molar-refractivity contribution in [2.45, 2.75) is 6.54 Å². The van der Waals surface area contributed by atoms with E-state index in [-0.39, 0.29) is 28.6 Å². The molecule has 0 saturated heterocycles. The lowest BCUT2D eigenvalue weighted by molar-refractivity contribution is -0.116. The van der Waals surface area contributed by atoms with Crippen molar-refractivity contribution in [3.63, 3.8) is 0 Å². The number of anilines is 2. The lowest BCUT2D eigenvalue weighted by Crippen LogP contribution is -2.20. The fourth-order valence-corrected chi connectivity index (χ4v) is 2.18. The van der Waals surface area contributed by atoms with E-state index in [2.05, 4.69) is 5.32 Å². The number of nitrogen functional groups attached to an aromatic ring is 1. The second-order valence-electron chi connectivity index (χ2n) is 4.11. The number of hydrogen-bond donors (Lipinski definition) is 2. The number of aromatic nitrogens is 1. The first kappa shape index (κ1) is 14.4. The van der Waals surface area contributed by atoms with Crippen molar-refractivity contribution in [1.29, 1.82) is 0 Å². The van der Waals surface area contributed by atoms with Gasteiger partial charge in [-0.05, 0) is 12.1 Å². The van der Waals surface area contributed by atoms with Crippen LogP contribution < -0.4 is 16.5 Å². The van der Waals surface area contributed by atoms with Gasteiger partial charge in [0.1, 0.15) is 6.54 Å². The lowest BCUT2D eigenvalue weighted by Gasteiger charge is -2.11. The molecule has 2 aromatic rings. The Kier molecular flexibility index (Phi) is 4.32. The van der Waals surface area contributed by atoms with E-state index < -0.39 is 0 Å². The van der Waals surface area contributed by atoms with Crippen molar-refractivity contribution < 1.29 is 4.79 Å². The van der Waals surface area contributed by atoms with Crippen molar-refractivity contribution >= 4 is 40.5 Å². The van der Waals surface area contributed by atoms with E-state index in [4.69, 9.17) is 28.9 Å². The minimum atomic E-state index is -0.315. The maximum absolute atomic E-state index is 11.9. The predicted octanol–water partition coefficient (Wildman–Crippen LogP) is 2.38. The first-order valence-electron chi connectivity index (χ1n) is 5.66. The monoisotopic (exact) mass is 311 g/mol. The van der Waals surface area contributed by atoms with E-state index in [1.54, 1.807) is 4.57 Å². The summed E-state index contributed by atoms with van der Waals surface area (Å²) in [6, 6.07) is 5.74. The number of nitrogens with two attached hydrogens (primary N) is 1. The second-order valence-corrected chi connectivity index (χ2v) is 4.95. The Balaban J connectivity index is 2.12. The highest BCUT2D eigenvalue weighted by atomic mass is 35.5. The molecule has 0 aliphatic carbocycles. The zero-order valence-electron chi connectivity index (χ0n) is 10.3. The third kappa shape index (κ3) is 3.53.